The van der Waals surface area contributed by atoms with Gasteiger partial charge in [-0.1, -0.05) is 41.0 Å². The second-order valence-corrected chi connectivity index (χ2v) is 6.97. The van der Waals surface area contributed by atoms with Crippen molar-refractivity contribution in [1.82, 2.24) is 5.16 Å². The van der Waals surface area contributed by atoms with Crippen molar-refractivity contribution >= 4 is 22.5 Å². The van der Waals surface area contributed by atoms with E-state index in [2.05, 4.69) is 5.16 Å². The summed E-state index contributed by atoms with van der Waals surface area (Å²) in [6.45, 7) is 0.933. The van der Waals surface area contributed by atoms with E-state index in [1.165, 1.54) is 0 Å². The van der Waals surface area contributed by atoms with Gasteiger partial charge in [-0.25, -0.2) is 0 Å². The molecule has 0 spiro atoms. The summed E-state index contributed by atoms with van der Waals surface area (Å²) in [7, 11) is 0. The lowest BCUT2D eigenvalue weighted by molar-refractivity contribution is 0.171. The van der Waals surface area contributed by atoms with Crippen molar-refractivity contribution in [3.8, 4) is 33.9 Å². The van der Waals surface area contributed by atoms with Crippen LogP contribution in [0.15, 0.2) is 59.1 Å². The second kappa shape index (κ2) is 6.86. The van der Waals surface area contributed by atoms with Crippen molar-refractivity contribution in [2.24, 2.45) is 0 Å². The SMILES string of the molecule is OCc1ccc2noc(-c3cccc(Cl)c3)c2c1-c1ccc2c(c1)OCCO2. The van der Waals surface area contributed by atoms with E-state index in [4.69, 9.17) is 25.6 Å². The normalized spacial score (nSPS) is 13.1. The van der Waals surface area contributed by atoms with Crippen LogP contribution in [0.2, 0.25) is 5.02 Å². The maximum atomic E-state index is 9.99. The minimum atomic E-state index is -0.111. The number of fused-ring (bicyclic) bond motifs is 2. The van der Waals surface area contributed by atoms with E-state index >= 15 is 0 Å². The number of hydrogen-bond donors (Lipinski definition) is 1. The Bertz CT molecular complexity index is 1180. The highest BCUT2D eigenvalue weighted by atomic mass is 35.5. The Balaban J connectivity index is 1.79. The zero-order chi connectivity index (χ0) is 19.1. The van der Waals surface area contributed by atoms with Crippen molar-refractivity contribution in [2.45, 2.75) is 6.61 Å². The Morgan fingerprint density at radius 3 is 2.61 bits per heavy atom. The third-order valence-corrected chi connectivity index (χ3v) is 5.06. The zero-order valence-corrected chi connectivity index (χ0v) is 15.6. The van der Waals surface area contributed by atoms with Gasteiger partial charge < -0.3 is 19.1 Å². The van der Waals surface area contributed by atoms with Gasteiger partial charge in [-0.15, -0.1) is 0 Å². The fourth-order valence-electron chi connectivity index (χ4n) is 3.57. The smallest absolute Gasteiger partial charge is 0.175 e. The first-order chi connectivity index (χ1) is 13.7. The number of aliphatic hydroxyl groups excluding tert-OH is 1. The maximum absolute atomic E-state index is 9.99. The van der Waals surface area contributed by atoms with Crippen LogP contribution in [0.4, 0.5) is 0 Å². The predicted octanol–water partition coefficient (Wildman–Crippen LogP) is 5.08. The number of aliphatic hydroxyl groups is 1. The van der Waals surface area contributed by atoms with Crippen LogP contribution in [0.5, 0.6) is 11.5 Å². The first-order valence-corrected chi connectivity index (χ1v) is 9.30. The van der Waals surface area contributed by atoms with Gasteiger partial charge in [-0.2, -0.15) is 0 Å². The van der Waals surface area contributed by atoms with E-state index in [9.17, 15) is 5.11 Å². The molecule has 4 aromatic rings. The van der Waals surface area contributed by atoms with Crippen molar-refractivity contribution < 1.29 is 19.1 Å². The summed E-state index contributed by atoms with van der Waals surface area (Å²) in [5, 5.41) is 15.6. The van der Waals surface area contributed by atoms with Gasteiger partial charge in [0, 0.05) is 16.1 Å². The fraction of sp³-hybridized carbons (Fsp3) is 0.136. The van der Waals surface area contributed by atoms with E-state index in [1.54, 1.807) is 0 Å². The van der Waals surface area contributed by atoms with Gasteiger partial charge in [0.25, 0.3) is 0 Å². The highest BCUT2D eigenvalue weighted by molar-refractivity contribution is 6.30. The second-order valence-electron chi connectivity index (χ2n) is 6.53. The monoisotopic (exact) mass is 393 g/mol. The molecule has 1 N–H and O–H groups in total. The minimum Gasteiger partial charge on any atom is -0.486 e. The van der Waals surface area contributed by atoms with E-state index in [-0.39, 0.29) is 6.61 Å². The molecule has 1 aromatic heterocycles. The standard InChI is InChI=1S/C22H16ClNO4/c23-16-3-1-2-14(10-16)22-21-17(24-28-22)6-4-15(12-25)20(21)13-5-7-18-19(11-13)27-9-8-26-18/h1-7,10-11,25H,8-9,12H2. The number of nitrogens with zero attached hydrogens (tertiary/aromatic N) is 1. The Labute approximate surface area is 166 Å². The molecule has 28 heavy (non-hydrogen) atoms. The van der Waals surface area contributed by atoms with E-state index in [1.807, 2.05) is 54.6 Å². The fourth-order valence-corrected chi connectivity index (χ4v) is 3.76. The molecule has 0 amide bonds. The number of aromatic nitrogens is 1. The van der Waals surface area contributed by atoms with Crippen molar-refractivity contribution in [2.75, 3.05) is 13.2 Å². The van der Waals surface area contributed by atoms with Crippen LogP contribution >= 0.6 is 11.6 Å². The molecular weight excluding hydrogens is 378 g/mol. The number of halogens is 1. The summed E-state index contributed by atoms with van der Waals surface area (Å²) in [5.74, 6) is 2.01. The van der Waals surface area contributed by atoms with Crippen LogP contribution < -0.4 is 9.47 Å². The molecule has 0 fully saturated rings. The van der Waals surface area contributed by atoms with Crippen LogP contribution in [0.25, 0.3) is 33.4 Å². The molecule has 0 saturated heterocycles. The van der Waals surface area contributed by atoms with Crippen LogP contribution in [0.3, 0.4) is 0 Å². The minimum absolute atomic E-state index is 0.111. The third kappa shape index (κ3) is 2.80. The van der Waals surface area contributed by atoms with Crippen LogP contribution in [0, 0.1) is 0 Å². The van der Waals surface area contributed by atoms with E-state index in [0.29, 0.717) is 41.0 Å². The highest BCUT2D eigenvalue weighted by Crippen LogP contribution is 2.42. The molecule has 6 heteroatoms. The first kappa shape index (κ1) is 17.1. The average Bonchev–Trinajstić information content (AvgIpc) is 3.17. The summed E-state index contributed by atoms with van der Waals surface area (Å²) in [6.07, 6.45) is 0. The largest absolute Gasteiger partial charge is 0.486 e. The highest BCUT2D eigenvalue weighted by Gasteiger charge is 2.21. The van der Waals surface area contributed by atoms with Gasteiger partial charge >= 0.3 is 0 Å². The van der Waals surface area contributed by atoms with Gasteiger partial charge in [-0.05, 0) is 41.5 Å². The molecular formula is C22H16ClNO4. The summed E-state index contributed by atoms with van der Waals surface area (Å²) in [4.78, 5) is 0. The van der Waals surface area contributed by atoms with Crippen molar-refractivity contribution in [3.63, 3.8) is 0 Å². The summed E-state index contributed by atoms with van der Waals surface area (Å²) < 4.78 is 17.1. The topological polar surface area (TPSA) is 64.7 Å². The van der Waals surface area contributed by atoms with E-state index in [0.717, 1.165) is 27.6 Å². The molecule has 3 aromatic carbocycles. The summed E-state index contributed by atoms with van der Waals surface area (Å²) in [6, 6.07) is 16.9. The zero-order valence-electron chi connectivity index (χ0n) is 14.8. The Morgan fingerprint density at radius 2 is 1.79 bits per heavy atom. The number of hydrogen-bond acceptors (Lipinski definition) is 5. The number of ether oxygens (including phenoxy) is 2. The van der Waals surface area contributed by atoms with E-state index < -0.39 is 0 Å². The van der Waals surface area contributed by atoms with Gasteiger partial charge in [0.2, 0.25) is 0 Å². The Kier molecular flexibility index (Phi) is 4.19. The average molecular weight is 394 g/mol. The lowest BCUT2D eigenvalue weighted by Gasteiger charge is -2.19. The molecule has 0 bridgehead atoms. The lowest BCUT2D eigenvalue weighted by atomic mass is 9.93. The lowest BCUT2D eigenvalue weighted by Crippen LogP contribution is -2.15. The van der Waals surface area contributed by atoms with Gasteiger partial charge in [0.05, 0.1) is 12.0 Å². The molecule has 2 heterocycles. The number of benzene rings is 3. The summed E-state index contributed by atoms with van der Waals surface area (Å²) in [5.41, 5.74) is 4.05. The van der Waals surface area contributed by atoms with Crippen LogP contribution in [0.1, 0.15) is 5.56 Å². The molecule has 0 radical (unpaired) electrons. The Hall–Kier alpha value is -3.02. The predicted molar refractivity (Wildman–Crippen MR) is 107 cm³/mol. The van der Waals surface area contributed by atoms with Crippen LogP contribution in [-0.4, -0.2) is 23.5 Å². The van der Waals surface area contributed by atoms with Crippen molar-refractivity contribution in [3.05, 3.63) is 65.2 Å². The molecule has 1 aliphatic rings. The Morgan fingerprint density at radius 1 is 0.929 bits per heavy atom. The molecule has 1 aliphatic heterocycles. The third-order valence-electron chi connectivity index (χ3n) is 4.82. The van der Waals surface area contributed by atoms with Crippen LogP contribution in [-0.2, 0) is 6.61 Å². The molecule has 5 rings (SSSR count). The quantitative estimate of drug-likeness (QED) is 0.526. The molecule has 0 unspecified atom stereocenters. The molecule has 140 valence electrons. The van der Waals surface area contributed by atoms with Gasteiger partial charge in [0.1, 0.15) is 18.7 Å². The molecule has 0 aliphatic carbocycles. The van der Waals surface area contributed by atoms with Gasteiger partial charge in [0.15, 0.2) is 17.3 Å². The van der Waals surface area contributed by atoms with Crippen molar-refractivity contribution in [1.29, 1.82) is 0 Å². The molecule has 0 atom stereocenters. The summed E-state index contributed by atoms with van der Waals surface area (Å²) >= 11 is 6.18. The maximum Gasteiger partial charge on any atom is 0.175 e. The molecule has 0 saturated carbocycles. The first-order valence-electron chi connectivity index (χ1n) is 8.92. The van der Waals surface area contributed by atoms with Gasteiger partial charge in [-0.3, -0.25) is 0 Å². The number of rotatable bonds is 3. The molecule has 5 nitrogen and oxygen atoms in total.